The van der Waals surface area contributed by atoms with Gasteiger partial charge in [0.2, 0.25) is 5.76 Å². The van der Waals surface area contributed by atoms with Crippen molar-refractivity contribution in [1.29, 1.82) is 0 Å². The second-order valence-corrected chi connectivity index (χ2v) is 6.37. The first-order valence-corrected chi connectivity index (χ1v) is 8.69. The Morgan fingerprint density at radius 3 is 2.73 bits per heavy atom. The fourth-order valence-corrected chi connectivity index (χ4v) is 3.28. The zero-order chi connectivity index (χ0) is 18.0. The van der Waals surface area contributed by atoms with Crippen LogP contribution in [0.15, 0.2) is 73.0 Å². The maximum atomic E-state index is 12.4. The fraction of sp³-hybridized carbons (Fsp3) is 0.111. The Hall–Kier alpha value is -3.10. The molecule has 1 atom stereocenters. The molecule has 0 aliphatic rings. The normalized spacial score (nSPS) is 13.4. The van der Waals surface area contributed by atoms with Gasteiger partial charge in [-0.15, -0.1) is 0 Å². The molecule has 7 nitrogen and oxygen atoms in total. The topological polar surface area (TPSA) is 102 Å². The average molecular weight is 370 g/mol. The van der Waals surface area contributed by atoms with Gasteiger partial charge in [-0.3, -0.25) is 4.79 Å². The summed E-state index contributed by atoms with van der Waals surface area (Å²) in [6.45, 7) is -0.0843. The number of thiophene rings is 1. The standard InChI is InChI=1S/C18H14N2O5S/c21-17(13-9-15(25-20-13)14-3-1-6-23-14)19-11-18(22,12-5-8-26-10-12)16-4-2-7-24-16/h1-10,22H,11H2,(H,19,21)/t18-/m0/s1. The molecular formula is C18H14N2O5S. The molecule has 2 N–H and O–H groups in total. The highest BCUT2D eigenvalue weighted by Gasteiger charge is 2.35. The maximum absolute atomic E-state index is 12.4. The Morgan fingerprint density at radius 2 is 2.04 bits per heavy atom. The number of nitrogens with zero attached hydrogens (tertiary/aromatic N) is 1. The number of aromatic nitrogens is 1. The van der Waals surface area contributed by atoms with E-state index in [9.17, 15) is 9.90 Å². The van der Waals surface area contributed by atoms with Gasteiger partial charge in [0.15, 0.2) is 17.1 Å². The van der Waals surface area contributed by atoms with Crippen molar-refractivity contribution in [2.45, 2.75) is 5.60 Å². The van der Waals surface area contributed by atoms with Gasteiger partial charge in [-0.2, -0.15) is 11.3 Å². The molecule has 1 amide bonds. The number of hydrogen-bond donors (Lipinski definition) is 2. The Morgan fingerprint density at radius 1 is 1.19 bits per heavy atom. The smallest absolute Gasteiger partial charge is 0.273 e. The first-order chi connectivity index (χ1) is 12.7. The molecular weight excluding hydrogens is 356 g/mol. The second kappa shape index (κ2) is 6.66. The van der Waals surface area contributed by atoms with E-state index in [1.165, 1.54) is 29.9 Å². The molecule has 4 aromatic heterocycles. The van der Waals surface area contributed by atoms with Crippen LogP contribution in [-0.2, 0) is 5.60 Å². The number of carbonyl (C=O) groups excluding carboxylic acids is 1. The van der Waals surface area contributed by atoms with E-state index < -0.39 is 11.5 Å². The van der Waals surface area contributed by atoms with Crippen molar-refractivity contribution < 1.29 is 23.3 Å². The number of carbonyl (C=O) groups is 1. The van der Waals surface area contributed by atoms with Gasteiger partial charge in [0.05, 0.1) is 19.1 Å². The van der Waals surface area contributed by atoms with Crippen molar-refractivity contribution in [3.63, 3.8) is 0 Å². The van der Waals surface area contributed by atoms with Crippen molar-refractivity contribution in [3.8, 4) is 11.5 Å². The lowest BCUT2D eigenvalue weighted by molar-refractivity contribution is 0.0526. The zero-order valence-electron chi connectivity index (χ0n) is 13.4. The first-order valence-electron chi connectivity index (χ1n) is 7.74. The van der Waals surface area contributed by atoms with Crippen LogP contribution in [0.5, 0.6) is 0 Å². The Kier molecular flexibility index (Phi) is 4.19. The lowest BCUT2D eigenvalue weighted by atomic mass is 9.93. The molecule has 4 aromatic rings. The number of aliphatic hydroxyl groups is 1. The van der Waals surface area contributed by atoms with E-state index in [0.29, 0.717) is 22.8 Å². The number of furan rings is 2. The zero-order valence-corrected chi connectivity index (χ0v) is 14.2. The minimum absolute atomic E-state index is 0.0843. The van der Waals surface area contributed by atoms with E-state index in [2.05, 4.69) is 10.5 Å². The van der Waals surface area contributed by atoms with E-state index in [1.54, 1.807) is 35.7 Å². The van der Waals surface area contributed by atoms with Gasteiger partial charge in [0, 0.05) is 11.6 Å². The monoisotopic (exact) mass is 370 g/mol. The Bertz CT molecular complexity index is 937. The van der Waals surface area contributed by atoms with Crippen molar-refractivity contribution in [1.82, 2.24) is 10.5 Å². The maximum Gasteiger partial charge on any atom is 0.273 e. The SMILES string of the molecule is O=C(NC[C@](O)(c1ccsc1)c1ccco1)c1cc(-c2ccco2)on1. The minimum atomic E-state index is -1.48. The van der Waals surface area contributed by atoms with Gasteiger partial charge >= 0.3 is 0 Å². The third-order valence-electron chi connectivity index (χ3n) is 3.94. The van der Waals surface area contributed by atoms with Crippen molar-refractivity contribution >= 4 is 17.2 Å². The molecule has 0 unspecified atom stereocenters. The van der Waals surface area contributed by atoms with Crippen LogP contribution in [0.3, 0.4) is 0 Å². The van der Waals surface area contributed by atoms with E-state index in [-0.39, 0.29) is 12.2 Å². The largest absolute Gasteiger partial charge is 0.466 e. The minimum Gasteiger partial charge on any atom is -0.466 e. The summed E-state index contributed by atoms with van der Waals surface area (Å²) >= 11 is 1.44. The molecule has 8 heteroatoms. The number of amides is 1. The summed E-state index contributed by atoms with van der Waals surface area (Å²) in [5.74, 6) is 0.681. The molecule has 0 aliphatic carbocycles. The quantitative estimate of drug-likeness (QED) is 0.540. The molecule has 0 radical (unpaired) electrons. The molecule has 0 saturated heterocycles. The Labute approximate surface area is 151 Å². The predicted molar refractivity (Wildman–Crippen MR) is 92.6 cm³/mol. The average Bonchev–Trinajstić information content (AvgIpc) is 3.45. The van der Waals surface area contributed by atoms with Crippen molar-refractivity contribution in [2.24, 2.45) is 0 Å². The van der Waals surface area contributed by atoms with Crippen LogP contribution in [0.4, 0.5) is 0 Å². The molecule has 26 heavy (non-hydrogen) atoms. The predicted octanol–water partition coefficient (Wildman–Crippen LogP) is 3.26. The van der Waals surface area contributed by atoms with Gasteiger partial charge < -0.3 is 23.8 Å². The number of rotatable bonds is 6. The number of hydrogen-bond acceptors (Lipinski definition) is 7. The van der Waals surface area contributed by atoms with Gasteiger partial charge in [-0.05, 0) is 41.1 Å². The van der Waals surface area contributed by atoms with Gasteiger partial charge in [0.25, 0.3) is 5.91 Å². The highest BCUT2D eigenvalue weighted by molar-refractivity contribution is 7.08. The van der Waals surface area contributed by atoms with Crippen LogP contribution in [0.1, 0.15) is 21.8 Å². The lowest BCUT2D eigenvalue weighted by Crippen LogP contribution is -2.41. The van der Waals surface area contributed by atoms with E-state index in [0.717, 1.165) is 0 Å². The lowest BCUT2D eigenvalue weighted by Gasteiger charge is -2.25. The van der Waals surface area contributed by atoms with Crippen molar-refractivity contribution in [3.05, 3.63) is 76.7 Å². The third-order valence-corrected chi connectivity index (χ3v) is 4.62. The van der Waals surface area contributed by atoms with E-state index in [1.807, 2.05) is 5.38 Å². The van der Waals surface area contributed by atoms with E-state index >= 15 is 0 Å². The van der Waals surface area contributed by atoms with Crippen LogP contribution < -0.4 is 5.32 Å². The molecule has 132 valence electrons. The van der Waals surface area contributed by atoms with Crippen LogP contribution in [0.2, 0.25) is 0 Å². The first kappa shape index (κ1) is 16.4. The summed E-state index contributed by atoms with van der Waals surface area (Å²) in [6, 6.07) is 10.0. The fourth-order valence-electron chi connectivity index (χ4n) is 2.56. The van der Waals surface area contributed by atoms with Crippen LogP contribution >= 0.6 is 11.3 Å². The Balaban J connectivity index is 1.52. The van der Waals surface area contributed by atoms with Crippen molar-refractivity contribution in [2.75, 3.05) is 6.54 Å². The van der Waals surface area contributed by atoms with Gasteiger partial charge in [-0.1, -0.05) is 5.16 Å². The number of nitrogens with one attached hydrogen (secondary N) is 1. The molecule has 0 aliphatic heterocycles. The second-order valence-electron chi connectivity index (χ2n) is 5.59. The third kappa shape index (κ3) is 2.96. The summed E-state index contributed by atoms with van der Waals surface area (Å²) < 4.78 is 15.7. The van der Waals surface area contributed by atoms with Gasteiger partial charge in [0.1, 0.15) is 5.76 Å². The molecule has 0 bridgehead atoms. The van der Waals surface area contributed by atoms with Crippen LogP contribution in [0, 0.1) is 0 Å². The van der Waals surface area contributed by atoms with Gasteiger partial charge in [-0.25, -0.2) is 0 Å². The molecule has 0 fully saturated rings. The summed E-state index contributed by atoms with van der Waals surface area (Å²) in [6.07, 6.45) is 2.98. The molecule has 0 aromatic carbocycles. The summed E-state index contributed by atoms with van der Waals surface area (Å²) in [4.78, 5) is 12.4. The summed E-state index contributed by atoms with van der Waals surface area (Å²) in [7, 11) is 0. The molecule has 0 saturated carbocycles. The highest BCUT2D eigenvalue weighted by Crippen LogP contribution is 2.31. The molecule has 4 heterocycles. The summed E-state index contributed by atoms with van der Waals surface area (Å²) in [5, 5.41) is 21.2. The highest BCUT2D eigenvalue weighted by atomic mass is 32.1. The summed E-state index contributed by atoms with van der Waals surface area (Å²) in [5.41, 5.74) is -0.759. The van der Waals surface area contributed by atoms with Crippen LogP contribution in [0.25, 0.3) is 11.5 Å². The van der Waals surface area contributed by atoms with E-state index in [4.69, 9.17) is 13.4 Å². The van der Waals surface area contributed by atoms with Crippen LogP contribution in [-0.4, -0.2) is 22.7 Å². The molecule has 4 rings (SSSR count). The molecule has 0 spiro atoms.